The van der Waals surface area contributed by atoms with E-state index in [2.05, 4.69) is 9.97 Å². The number of aromatic nitrogens is 3. The molecule has 5 heteroatoms. The third-order valence-electron chi connectivity index (χ3n) is 2.88. The largest absolute Gasteiger partial charge is 0.347 e. The summed E-state index contributed by atoms with van der Waals surface area (Å²) in [5.74, 6) is 0.781. The zero-order chi connectivity index (χ0) is 12.4. The fourth-order valence-corrected chi connectivity index (χ4v) is 1.70. The molecular weight excluding hydrogens is 216 g/mol. The average Bonchev–Trinajstić information content (AvgIpc) is 2.90. The molecule has 2 aromatic rings. The summed E-state index contributed by atoms with van der Waals surface area (Å²) in [5, 5.41) is 0. The summed E-state index contributed by atoms with van der Waals surface area (Å²) in [5.41, 5.74) is 1.76. The fourth-order valence-electron chi connectivity index (χ4n) is 1.70. The molecule has 5 nitrogen and oxygen atoms in total. The standard InChI is InChI=1S/C12H16N4O/c1-9-4-5-10(16(9)3)12(17)15(2)8-11-13-6-7-14-11/h4-7H,8H2,1-3H3,(H,13,14). The van der Waals surface area contributed by atoms with Crippen LogP contribution in [0.15, 0.2) is 24.5 Å². The van der Waals surface area contributed by atoms with Crippen molar-refractivity contribution < 1.29 is 4.79 Å². The van der Waals surface area contributed by atoms with Crippen LogP contribution in [0.2, 0.25) is 0 Å². The lowest BCUT2D eigenvalue weighted by Gasteiger charge is -2.16. The Kier molecular flexibility index (Phi) is 2.99. The molecule has 0 aliphatic rings. The second kappa shape index (κ2) is 4.45. The highest BCUT2D eigenvalue weighted by Gasteiger charge is 2.16. The number of aryl methyl sites for hydroxylation is 1. The summed E-state index contributed by atoms with van der Waals surface area (Å²) in [6, 6.07) is 3.78. The smallest absolute Gasteiger partial charge is 0.270 e. The van der Waals surface area contributed by atoms with Crippen LogP contribution in [0.1, 0.15) is 22.0 Å². The highest BCUT2D eigenvalue weighted by molar-refractivity contribution is 5.92. The van der Waals surface area contributed by atoms with E-state index in [1.807, 2.05) is 30.7 Å². The minimum Gasteiger partial charge on any atom is -0.347 e. The van der Waals surface area contributed by atoms with Crippen molar-refractivity contribution >= 4 is 5.91 Å². The molecule has 2 aromatic heterocycles. The molecule has 2 heterocycles. The Balaban J connectivity index is 2.12. The normalized spacial score (nSPS) is 10.5. The second-order valence-electron chi connectivity index (χ2n) is 4.12. The summed E-state index contributed by atoms with van der Waals surface area (Å²) in [6.45, 7) is 2.46. The number of nitrogens with zero attached hydrogens (tertiary/aromatic N) is 3. The number of aromatic amines is 1. The SMILES string of the molecule is Cc1ccc(C(=O)N(C)Cc2ncc[nH]2)n1C. The molecule has 0 fully saturated rings. The molecule has 0 aliphatic heterocycles. The fraction of sp³-hybridized carbons (Fsp3) is 0.333. The summed E-state index contributed by atoms with van der Waals surface area (Å²) in [7, 11) is 3.66. The number of H-pyrrole nitrogens is 1. The molecule has 0 saturated heterocycles. The van der Waals surface area contributed by atoms with Crippen molar-refractivity contribution in [2.24, 2.45) is 7.05 Å². The van der Waals surface area contributed by atoms with Crippen molar-refractivity contribution in [3.8, 4) is 0 Å². The Hall–Kier alpha value is -2.04. The molecule has 1 N–H and O–H groups in total. The number of hydrogen-bond donors (Lipinski definition) is 1. The maximum Gasteiger partial charge on any atom is 0.270 e. The van der Waals surface area contributed by atoms with Gasteiger partial charge in [0.1, 0.15) is 11.5 Å². The second-order valence-corrected chi connectivity index (χ2v) is 4.12. The van der Waals surface area contributed by atoms with Gasteiger partial charge in [-0.2, -0.15) is 0 Å². The van der Waals surface area contributed by atoms with Crippen LogP contribution < -0.4 is 0 Å². The highest BCUT2D eigenvalue weighted by atomic mass is 16.2. The van der Waals surface area contributed by atoms with E-state index in [1.165, 1.54) is 0 Å². The van der Waals surface area contributed by atoms with Crippen LogP contribution in [0, 0.1) is 6.92 Å². The molecule has 0 saturated carbocycles. The summed E-state index contributed by atoms with van der Waals surface area (Å²) >= 11 is 0. The van der Waals surface area contributed by atoms with Gasteiger partial charge in [-0.15, -0.1) is 0 Å². The number of hydrogen-bond acceptors (Lipinski definition) is 2. The number of rotatable bonds is 3. The van der Waals surface area contributed by atoms with E-state index in [0.717, 1.165) is 11.5 Å². The first-order valence-corrected chi connectivity index (χ1v) is 5.45. The number of imidazole rings is 1. The van der Waals surface area contributed by atoms with Crippen molar-refractivity contribution in [1.82, 2.24) is 19.4 Å². The zero-order valence-corrected chi connectivity index (χ0v) is 10.3. The van der Waals surface area contributed by atoms with E-state index >= 15 is 0 Å². The Bertz CT molecular complexity index is 513. The topological polar surface area (TPSA) is 53.9 Å². The number of carbonyl (C=O) groups is 1. The molecule has 0 unspecified atom stereocenters. The molecular formula is C12H16N4O. The van der Waals surface area contributed by atoms with Gasteiger partial charge in [0.05, 0.1) is 6.54 Å². The van der Waals surface area contributed by atoms with Crippen molar-refractivity contribution in [1.29, 1.82) is 0 Å². The first kappa shape index (κ1) is 11.4. The van der Waals surface area contributed by atoms with Gasteiger partial charge in [0.15, 0.2) is 0 Å². The van der Waals surface area contributed by atoms with E-state index in [0.29, 0.717) is 12.2 Å². The van der Waals surface area contributed by atoms with Gasteiger partial charge in [-0.3, -0.25) is 4.79 Å². The van der Waals surface area contributed by atoms with Gasteiger partial charge in [0.25, 0.3) is 5.91 Å². The summed E-state index contributed by atoms with van der Waals surface area (Å²) in [4.78, 5) is 20.9. The number of carbonyl (C=O) groups excluding carboxylic acids is 1. The average molecular weight is 232 g/mol. The first-order chi connectivity index (χ1) is 8.09. The summed E-state index contributed by atoms with van der Waals surface area (Å²) < 4.78 is 1.89. The molecule has 17 heavy (non-hydrogen) atoms. The predicted molar refractivity (Wildman–Crippen MR) is 64.5 cm³/mol. The summed E-state index contributed by atoms with van der Waals surface area (Å²) in [6.07, 6.45) is 3.43. The molecule has 2 rings (SSSR count). The maximum absolute atomic E-state index is 12.2. The van der Waals surface area contributed by atoms with Crippen LogP contribution in [0.25, 0.3) is 0 Å². The lowest BCUT2D eigenvalue weighted by Crippen LogP contribution is -2.28. The number of amides is 1. The van der Waals surface area contributed by atoms with Crippen LogP contribution in [0.5, 0.6) is 0 Å². The van der Waals surface area contributed by atoms with E-state index in [1.54, 1.807) is 24.3 Å². The van der Waals surface area contributed by atoms with Crippen molar-refractivity contribution in [2.45, 2.75) is 13.5 Å². The quantitative estimate of drug-likeness (QED) is 0.868. The van der Waals surface area contributed by atoms with E-state index in [9.17, 15) is 4.79 Å². The minimum atomic E-state index is -0.00278. The van der Waals surface area contributed by atoms with Gasteiger partial charge in [0, 0.05) is 32.2 Å². The van der Waals surface area contributed by atoms with E-state index in [-0.39, 0.29) is 5.91 Å². The maximum atomic E-state index is 12.2. The number of nitrogens with one attached hydrogen (secondary N) is 1. The third-order valence-corrected chi connectivity index (χ3v) is 2.88. The predicted octanol–water partition coefficient (Wildman–Crippen LogP) is 1.33. The Morgan fingerprint density at radius 1 is 1.53 bits per heavy atom. The first-order valence-electron chi connectivity index (χ1n) is 5.45. The van der Waals surface area contributed by atoms with Crippen LogP contribution in [-0.4, -0.2) is 32.4 Å². The van der Waals surface area contributed by atoms with Gasteiger partial charge in [-0.1, -0.05) is 0 Å². The highest BCUT2D eigenvalue weighted by Crippen LogP contribution is 2.09. The molecule has 0 radical (unpaired) electrons. The molecule has 0 aliphatic carbocycles. The van der Waals surface area contributed by atoms with Crippen molar-refractivity contribution in [3.63, 3.8) is 0 Å². The Morgan fingerprint density at radius 3 is 2.82 bits per heavy atom. The lowest BCUT2D eigenvalue weighted by atomic mass is 10.3. The Morgan fingerprint density at radius 2 is 2.29 bits per heavy atom. The van der Waals surface area contributed by atoms with Crippen LogP contribution in [0.3, 0.4) is 0 Å². The lowest BCUT2D eigenvalue weighted by molar-refractivity contribution is 0.0772. The monoisotopic (exact) mass is 232 g/mol. The van der Waals surface area contributed by atoms with Crippen LogP contribution in [-0.2, 0) is 13.6 Å². The molecule has 1 amide bonds. The molecule has 0 bridgehead atoms. The minimum absolute atomic E-state index is 0.00278. The Labute approximate surface area is 100 Å². The van der Waals surface area contributed by atoms with Gasteiger partial charge in [0.2, 0.25) is 0 Å². The van der Waals surface area contributed by atoms with Gasteiger partial charge < -0.3 is 14.5 Å². The molecule has 0 spiro atoms. The zero-order valence-electron chi connectivity index (χ0n) is 10.3. The van der Waals surface area contributed by atoms with E-state index < -0.39 is 0 Å². The van der Waals surface area contributed by atoms with Crippen LogP contribution in [0.4, 0.5) is 0 Å². The van der Waals surface area contributed by atoms with Gasteiger partial charge in [-0.05, 0) is 19.1 Å². The van der Waals surface area contributed by atoms with Crippen molar-refractivity contribution in [3.05, 3.63) is 41.7 Å². The molecule has 90 valence electrons. The third kappa shape index (κ3) is 2.22. The van der Waals surface area contributed by atoms with Crippen LogP contribution >= 0.6 is 0 Å². The van der Waals surface area contributed by atoms with E-state index in [4.69, 9.17) is 0 Å². The van der Waals surface area contributed by atoms with Crippen molar-refractivity contribution in [2.75, 3.05) is 7.05 Å². The molecule has 0 atom stereocenters. The van der Waals surface area contributed by atoms with Gasteiger partial charge in [-0.25, -0.2) is 4.98 Å². The molecule has 0 aromatic carbocycles. The van der Waals surface area contributed by atoms with Gasteiger partial charge >= 0.3 is 0 Å².